The summed E-state index contributed by atoms with van der Waals surface area (Å²) < 4.78 is 10.7. The number of hydrogen-bond acceptors (Lipinski definition) is 5. The number of hydrogen-bond donors (Lipinski definition) is 1. The first kappa shape index (κ1) is 11.5. The van der Waals surface area contributed by atoms with Crippen LogP contribution in [0.5, 0.6) is 0 Å². The molecule has 1 aliphatic rings. The summed E-state index contributed by atoms with van der Waals surface area (Å²) in [5.41, 5.74) is 0. The van der Waals surface area contributed by atoms with Crippen LogP contribution >= 0.6 is 0 Å². The molecule has 2 heterocycles. The molecule has 1 fully saturated rings. The van der Waals surface area contributed by atoms with Gasteiger partial charge in [-0.3, -0.25) is 0 Å². The Morgan fingerprint density at radius 1 is 1.50 bits per heavy atom. The predicted molar refractivity (Wildman–Crippen MR) is 59.2 cm³/mol. The van der Waals surface area contributed by atoms with Crippen LogP contribution in [0.2, 0.25) is 0 Å². The Morgan fingerprint density at radius 2 is 2.44 bits per heavy atom. The number of rotatable bonds is 6. The maximum absolute atomic E-state index is 5.53. The van der Waals surface area contributed by atoms with Gasteiger partial charge in [-0.05, 0) is 32.9 Å². The number of aromatic nitrogens is 2. The van der Waals surface area contributed by atoms with Crippen LogP contribution in [0, 0.1) is 0 Å². The maximum atomic E-state index is 5.53. The van der Waals surface area contributed by atoms with Crippen molar-refractivity contribution < 1.29 is 9.26 Å². The van der Waals surface area contributed by atoms with Crippen molar-refractivity contribution in [3.05, 3.63) is 11.7 Å². The highest BCUT2D eigenvalue weighted by Gasteiger charge is 2.19. The predicted octanol–water partition coefficient (Wildman–Crippen LogP) is 0.943. The molecule has 5 heteroatoms. The summed E-state index contributed by atoms with van der Waals surface area (Å²) in [6.45, 7) is 1.85. The van der Waals surface area contributed by atoms with Crippen molar-refractivity contribution in [1.29, 1.82) is 0 Å². The lowest BCUT2D eigenvalue weighted by Crippen LogP contribution is -2.10. The minimum Gasteiger partial charge on any atom is -0.378 e. The molecule has 0 amide bonds. The molecule has 16 heavy (non-hydrogen) atoms. The Kier molecular flexibility index (Phi) is 4.30. The Morgan fingerprint density at radius 3 is 3.19 bits per heavy atom. The third-order valence-corrected chi connectivity index (χ3v) is 2.76. The van der Waals surface area contributed by atoms with Crippen LogP contribution in [0.15, 0.2) is 4.52 Å². The van der Waals surface area contributed by atoms with E-state index in [1.54, 1.807) is 0 Å². The van der Waals surface area contributed by atoms with Gasteiger partial charge in [0.1, 0.15) is 0 Å². The van der Waals surface area contributed by atoms with Crippen LogP contribution in [0.25, 0.3) is 0 Å². The first-order chi connectivity index (χ1) is 7.88. The molecule has 1 aromatic rings. The first-order valence-corrected chi connectivity index (χ1v) is 5.96. The zero-order chi connectivity index (χ0) is 11.2. The van der Waals surface area contributed by atoms with Gasteiger partial charge in [0.2, 0.25) is 5.89 Å². The van der Waals surface area contributed by atoms with E-state index in [1.165, 1.54) is 0 Å². The zero-order valence-corrected chi connectivity index (χ0v) is 9.74. The number of aryl methyl sites for hydroxylation is 1. The van der Waals surface area contributed by atoms with Gasteiger partial charge in [-0.1, -0.05) is 5.16 Å². The van der Waals surface area contributed by atoms with E-state index in [2.05, 4.69) is 15.5 Å². The second-order valence-corrected chi connectivity index (χ2v) is 4.15. The Balaban J connectivity index is 1.77. The lowest BCUT2D eigenvalue weighted by atomic mass is 10.2. The van der Waals surface area contributed by atoms with Gasteiger partial charge in [0.05, 0.1) is 12.5 Å². The monoisotopic (exact) mass is 225 g/mol. The standard InChI is InChI=1S/C11H19N3O2/c1-12-6-2-5-10-13-11(16-14-10)8-9-4-3-7-15-9/h9,12H,2-8H2,1H3. The molecular weight excluding hydrogens is 206 g/mol. The van der Waals surface area contributed by atoms with Crippen molar-refractivity contribution in [3.63, 3.8) is 0 Å². The SMILES string of the molecule is CNCCCc1noc(CC2CCCO2)n1. The fraction of sp³-hybridized carbons (Fsp3) is 0.818. The molecule has 5 nitrogen and oxygen atoms in total. The molecule has 1 aromatic heterocycles. The molecule has 1 unspecified atom stereocenters. The van der Waals surface area contributed by atoms with Crippen molar-refractivity contribution in [2.75, 3.05) is 20.2 Å². The molecule has 1 saturated heterocycles. The molecule has 0 aromatic carbocycles. The fourth-order valence-electron chi connectivity index (χ4n) is 1.90. The van der Waals surface area contributed by atoms with Gasteiger partial charge in [-0.2, -0.15) is 4.98 Å². The quantitative estimate of drug-likeness (QED) is 0.730. The van der Waals surface area contributed by atoms with Crippen LogP contribution in [0.4, 0.5) is 0 Å². The van der Waals surface area contributed by atoms with Crippen molar-refractivity contribution in [1.82, 2.24) is 15.5 Å². The average Bonchev–Trinajstić information content (AvgIpc) is 2.91. The van der Waals surface area contributed by atoms with Crippen LogP contribution in [0.1, 0.15) is 31.0 Å². The molecule has 1 atom stereocenters. The molecule has 1 aliphatic heterocycles. The molecule has 90 valence electrons. The molecular formula is C11H19N3O2. The van der Waals surface area contributed by atoms with Gasteiger partial charge in [0.25, 0.3) is 0 Å². The minimum absolute atomic E-state index is 0.283. The van der Waals surface area contributed by atoms with Gasteiger partial charge in [-0.25, -0.2) is 0 Å². The summed E-state index contributed by atoms with van der Waals surface area (Å²) in [6.07, 6.45) is 5.21. The van der Waals surface area contributed by atoms with E-state index in [0.29, 0.717) is 5.89 Å². The molecule has 0 bridgehead atoms. The number of nitrogens with zero attached hydrogens (tertiary/aromatic N) is 2. The number of ether oxygens (including phenoxy) is 1. The number of nitrogens with one attached hydrogen (secondary N) is 1. The van der Waals surface area contributed by atoms with Gasteiger partial charge in [0.15, 0.2) is 5.82 Å². The van der Waals surface area contributed by atoms with E-state index in [9.17, 15) is 0 Å². The second kappa shape index (κ2) is 5.96. The lowest BCUT2D eigenvalue weighted by molar-refractivity contribution is 0.104. The normalized spacial score (nSPS) is 20.4. The van der Waals surface area contributed by atoms with E-state index < -0.39 is 0 Å². The molecule has 1 N–H and O–H groups in total. The average molecular weight is 225 g/mol. The Labute approximate surface area is 95.6 Å². The van der Waals surface area contributed by atoms with E-state index in [1.807, 2.05) is 7.05 Å². The van der Waals surface area contributed by atoms with Crippen molar-refractivity contribution in [2.45, 2.75) is 38.2 Å². The lowest BCUT2D eigenvalue weighted by Gasteiger charge is -2.03. The Bertz CT molecular complexity index is 308. The molecule has 0 aliphatic carbocycles. The van der Waals surface area contributed by atoms with Crippen LogP contribution in [-0.4, -0.2) is 36.4 Å². The summed E-state index contributed by atoms with van der Waals surface area (Å²) in [5, 5.41) is 7.06. The van der Waals surface area contributed by atoms with Crippen molar-refractivity contribution in [3.8, 4) is 0 Å². The topological polar surface area (TPSA) is 60.2 Å². The molecule has 0 spiro atoms. The highest BCUT2D eigenvalue weighted by molar-refractivity contribution is 4.89. The van der Waals surface area contributed by atoms with E-state index in [0.717, 1.165) is 51.1 Å². The third-order valence-electron chi connectivity index (χ3n) is 2.76. The van der Waals surface area contributed by atoms with Crippen LogP contribution in [-0.2, 0) is 17.6 Å². The smallest absolute Gasteiger partial charge is 0.229 e. The first-order valence-electron chi connectivity index (χ1n) is 5.96. The largest absolute Gasteiger partial charge is 0.378 e. The minimum atomic E-state index is 0.283. The maximum Gasteiger partial charge on any atom is 0.229 e. The van der Waals surface area contributed by atoms with Gasteiger partial charge in [0, 0.05) is 13.0 Å². The van der Waals surface area contributed by atoms with Gasteiger partial charge < -0.3 is 14.6 Å². The second-order valence-electron chi connectivity index (χ2n) is 4.15. The Hall–Kier alpha value is -0.940. The third kappa shape index (κ3) is 3.28. The summed E-state index contributed by atoms with van der Waals surface area (Å²) in [7, 11) is 1.94. The van der Waals surface area contributed by atoms with Crippen LogP contribution < -0.4 is 5.32 Å². The summed E-state index contributed by atoms with van der Waals surface area (Å²) in [6, 6.07) is 0. The molecule has 2 rings (SSSR count). The highest BCUT2D eigenvalue weighted by atomic mass is 16.5. The molecule has 0 radical (unpaired) electrons. The fourth-order valence-corrected chi connectivity index (χ4v) is 1.90. The highest BCUT2D eigenvalue weighted by Crippen LogP contribution is 2.16. The summed E-state index contributed by atoms with van der Waals surface area (Å²) in [5.74, 6) is 1.52. The van der Waals surface area contributed by atoms with E-state index in [4.69, 9.17) is 9.26 Å². The van der Waals surface area contributed by atoms with Crippen molar-refractivity contribution in [2.24, 2.45) is 0 Å². The summed E-state index contributed by atoms with van der Waals surface area (Å²) in [4.78, 5) is 4.36. The molecule has 0 saturated carbocycles. The van der Waals surface area contributed by atoms with Crippen molar-refractivity contribution >= 4 is 0 Å². The van der Waals surface area contributed by atoms with Gasteiger partial charge in [-0.15, -0.1) is 0 Å². The summed E-state index contributed by atoms with van der Waals surface area (Å²) >= 11 is 0. The zero-order valence-electron chi connectivity index (χ0n) is 9.74. The van der Waals surface area contributed by atoms with E-state index >= 15 is 0 Å². The van der Waals surface area contributed by atoms with E-state index in [-0.39, 0.29) is 6.10 Å². The van der Waals surface area contributed by atoms with Gasteiger partial charge >= 0.3 is 0 Å². The van der Waals surface area contributed by atoms with Crippen LogP contribution in [0.3, 0.4) is 0 Å².